The fourth-order valence-corrected chi connectivity index (χ4v) is 3.06. The number of rotatable bonds is 7. The zero-order valence-electron chi connectivity index (χ0n) is 14.7. The molecule has 0 aliphatic heterocycles. The Morgan fingerprint density at radius 1 is 1.38 bits per heavy atom. The van der Waals surface area contributed by atoms with Gasteiger partial charge < -0.3 is 5.32 Å². The number of aryl methyl sites for hydroxylation is 2. The van der Waals surface area contributed by atoms with E-state index in [4.69, 9.17) is 0 Å². The summed E-state index contributed by atoms with van der Waals surface area (Å²) in [4.78, 5) is 14.5. The van der Waals surface area contributed by atoms with Crippen LogP contribution in [-0.2, 0) is 18.4 Å². The summed E-state index contributed by atoms with van der Waals surface area (Å²) >= 11 is 0. The second kappa shape index (κ2) is 7.18. The average Bonchev–Trinajstić information content (AvgIpc) is 3.29. The fraction of sp³-hybridized carbons (Fsp3) is 0.474. The van der Waals surface area contributed by atoms with Crippen LogP contribution in [0.4, 0.5) is 0 Å². The molecule has 1 unspecified atom stereocenters. The molecule has 5 nitrogen and oxygen atoms in total. The van der Waals surface area contributed by atoms with Crippen molar-refractivity contribution in [3.8, 4) is 0 Å². The Morgan fingerprint density at radius 3 is 2.67 bits per heavy atom. The number of aromatic nitrogens is 2. The first-order chi connectivity index (χ1) is 11.5. The van der Waals surface area contributed by atoms with E-state index in [1.807, 2.05) is 31.4 Å². The highest BCUT2D eigenvalue weighted by molar-refractivity contribution is 5.78. The molecule has 1 N–H and O–H groups in total. The van der Waals surface area contributed by atoms with Gasteiger partial charge in [-0.2, -0.15) is 5.10 Å². The van der Waals surface area contributed by atoms with Crippen LogP contribution in [0.3, 0.4) is 0 Å². The van der Waals surface area contributed by atoms with E-state index in [2.05, 4.69) is 41.6 Å². The van der Waals surface area contributed by atoms with Crippen molar-refractivity contribution in [3.05, 3.63) is 53.3 Å². The van der Waals surface area contributed by atoms with Crippen LogP contribution >= 0.6 is 0 Å². The summed E-state index contributed by atoms with van der Waals surface area (Å²) in [5, 5.41) is 7.40. The Balaban J connectivity index is 1.56. The van der Waals surface area contributed by atoms with Crippen molar-refractivity contribution in [1.29, 1.82) is 0 Å². The molecule has 0 bridgehead atoms. The summed E-state index contributed by atoms with van der Waals surface area (Å²) in [7, 11) is 3.86. The molecule has 3 rings (SSSR count). The van der Waals surface area contributed by atoms with Crippen molar-refractivity contribution < 1.29 is 4.79 Å². The Kier molecular flexibility index (Phi) is 5.00. The molecule has 1 atom stereocenters. The molecule has 1 saturated carbocycles. The minimum atomic E-state index is 0.0823. The first-order valence-corrected chi connectivity index (χ1v) is 8.53. The SMILES string of the molecule is Cc1ccc(C(NC(=O)CN(C)Cc2cnn(C)c2)C2CC2)cc1. The summed E-state index contributed by atoms with van der Waals surface area (Å²) in [5.41, 5.74) is 3.58. The third-order valence-electron chi connectivity index (χ3n) is 4.47. The van der Waals surface area contributed by atoms with Gasteiger partial charge in [0.1, 0.15) is 0 Å². The van der Waals surface area contributed by atoms with Crippen LogP contribution in [0.15, 0.2) is 36.7 Å². The second-order valence-electron chi connectivity index (χ2n) is 6.99. The van der Waals surface area contributed by atoms with Crippen LogP contribution in [0.2, 0.25) is 0 Å². The number of likely N-dealkylation sites (N-methyl/N-ethyl adjacent to an activating group) is 1. The second-order valence-corrected chi connectivity index (χ2v) is 6.99. The van der Waals surface area contributed by atoms with Crippen LogP contribution in [0, 0.1) is 12.8 Å². The zero-order valence-corrected chi connectivity index (χ0v) is 14.7. The number of nitrogens with one attached hydrogen (secondary N) is 1. The highest BCUT2D eigenvalue weighted by atomic mass is 16.2. The number of hydrogen-bond donors (Lipinski definition) is 1. The lowest BCUT2D eigenvalue weighted by Gasteiger charge is -2.21. The molecule has 0 spiro atoms. The third kappa shape index (κ3) is 4.45. The van der Waals surface area contributed by atoms with E-state index in [9.17, 15) is 4.79 Å². The molecular weight excluding hydrogens is 300 g/mol. The quantitative estimate of drug-likeness (QED) is 0.850. The summed E-state index contributed by atoms with van der Waals surface area (Å²) < 4.78 is 1.78. The van der Waals surface area contributed by atoms with Crippen LogP contribution in [-0.4, -0.2) is 34.2 Å². The van der Waals surface area contributed by atoms with Gasteiger partial charge in [0, 0.05) is 25.4 Å². The van der Waals surface area contributed by atoms with Gasteiger partial charge in [-0.05, 0) is 38.3 Å². The molecule has 1 aliphatic rings. The van der Waals surface area contributed by atoms with Crippen LogP contribution in [0.25, 0.3) is 0 Å². The van der Waals surface area contributed by atoms with E-state index in [0.29, 0.717) is 12.5 Å². The van der Waals surface area contributed by atoms with E-state index < -0.39 is 0 Å². The average molecular weight is 326 g/mol. The largest absolute Gasteiger partial charge is 0.348 e. The molecule has 24 heavy (non-hydrogen) atoms. The van der Waals surface area contributed by atoms with Gasteiger partial charge in [-0.25, -0.2) is 0 Å². The number of hydrogen-bond acceptors (Lipinski definition) is 3. The molecule has 1 fully saturated rings. The molecule has 1 amide bonds. The lowest BCUT2D eigenvalue weighted by Crippen LogP contribution is -2.37. The van der Waals surface area contributed by atoms with Gasteiger partial charge in [0.2, 0.25) is 5.91 Å². The molecule has 1 aromatic carbocycles. The molecule has 5 heteroatoms. The van der Waals surface area contributed by atoms with E-state index in [1.54, 1.807) is 4.68 Å². The molecule has 2 aromatic rings. The van der Waals surface area contributed by atoms with Gasteiger partial charge in [-0.1, -0.05) is 29.8 Å². The maximum atomic E-state index is 12.5. The Bertz CT molecular complexity index is 688. The van der Waals surface area contributed by atoms with E-state index >= 15 is 0 Å². The number of amides is 1. The van der Waals surface area contributed by atoms with Crippen molar-refractivity contribution in [2.24, 2.45) is 13.0 Å². The molecule has 128 valence electrons. The van der Waals surface area contributed by atoms with Crippen molar-refractivity contribution in [3.63, 3.8) is 0 Å². The van der Waals surface area contributed by atoms with Crippen molar-refractivity contribution >= 4 is 5.91 Å². The lowest BCUT2D eigenvalue weighted by molar-refractivity contribution is -0.123. The van der Waals surface area contributed by atoms with Crippen LogP contribution < -0.4 is 5.32 Å². The topological polar surface area (TPSA) is 50.2 Å². The third-order valence-corrected chi connectivity index (χ3v) is 4.47. The maximum Gasteiger partial charge on any atom is 0.234 e. The number of carbonyl (C=O) groups is 1. The Morgan fingerprint density at radius 2 is 2.08 bits per heavy atom. The van der Waals surface area contributed by atoms with Gasteiger partial charge in [0.05, 0.1) is 18.8 Å². The molecule has 0 radical (unpaired) electrons. The van der Waals surface area contributed by atoms with Crippen LogP contribution in [0.5, 0.6) is 0 Å². The lowest BCUT2D eigenvalue weighted by atomic mass is 10.0. The fourth-order valence-electron chi connectivity index (χ4n) is 3.06. The van der Waals surface area contributed by atoms with Crippen LogP contribution in [0.1, 0.15) is 35.6 Å². The van der Waals surface area contributed by atoms with E-state index in [0.717, 1.165) is 12.1 Å². The van der Waals surface area contributed by atoms with E-state index in [-0.39, 0.29) is 11.9 Å². The van der Waals surface area contributed by atoms with Gasteiger partial charge in [-0.3, -0.25) is 14.4 Å². The van der Waals surface area contributed by atoms with Crippen molar-refractivity contribution in [2.75, 3.05) is 13.6 Å². The normalized spacial score (nSPS) is 15.5. The summed E-state index contributed by atoms with van der Waals surface area (Å²) in [5.74, 6) is 0.666. The van der Waals surface area contributed by atoms with E-state index in [1.165, 1.54) is 24.0 Å². The standard InChI is InChI=1S/C19H26N4O/c1-14-4-6-16(7-5-14)19(17-8-9-17)21-18(24)13-22(2)11-15-10-20-23(3)12-15/h4-7,10,12,17,19H,8-9,11,13H2,1-3H3,(H,21,24). The van der Waals surface area contributed by atoms with Gasteiger partial charge in [0.25, 0.3) is 0 Å². The molecular formula is C19H26N4O. The summed E-state index contributed by atoms with van der Waals surface area (Å²) in [6.07, 6.45) is 6.22. The predicted molar refractivity (Wildman–Crippen MR) is 94.3 cm³/mol. The minimum Gasteiger partial charge on any atom is -0.348 e. The monoisotopic (exact) mass is 326 g/mol. The Hall–Kier alpha value is -2.14. The first-order valence-electron chi connectivity index (χ1n) is 8.53. The molecule has 1 heterocycles. The molecule has 0 saturated heterocycles. The highest BCUT2D eigenvalue weighted by Gasteiger charge is 2.33. The van der Waals surface area contributed by atoms with Crippen molar-refractivity contribution in [2.45, 2.75) is 32.4 Å². The smallest absolute Gasteiger partial charge is 0.234 e. The molecule has 1 aromatic heterocycles. The minimum absolute atomic E-state index is 0.0823. The van der Waals surface area contributed by atoms with Gasteiger partial charge in [-0.15, -0.1) is 0 Å². The summed E-state index contributed by atoms with van der Waals surface area (Å²) in [6.45, 7) is 3.20. The van der Waals surface area contributed by atoms with Gasteiger partial charge >= 0.3 is 0 Å². The van der Waals surface area contributed by atoms with Crippen molar-refractivity contribution in [1.82, 2.24) is 20.0 Å². The summed E-state index contributed by atoms with van der Waals surface area (Å²) in [6, 6.07) is 8.65. The number of carbonyl (C=O) groups excluding carboxylic acids is 1. The number of nitrogens with zero attached hydrogens (tertiary/aromatic N) is 3. The van der Waals surface area contributed by atoms with Gasteiger partial charge in [0.15, 0.2) is 0 Å². The number of benzene rings is 1. The zero-order chi connectivity index (χ0) is 17.1. The Labute approximate surface area is 143 Å². The highest BCUT2D eigenvalue weighted by Crippen LogP contribution is 2.41. The molecule has 1 aliphatic carbocycles. The predicted octanol–water partition coefficient (Wildman–Crippen LogP) is 2.43. The first kappa shape index (κ1) is 16.7. The maximum absolute atomic E-state index is 12.5.